The molecule has 1 heterocycles. The molecule has 0 bridgehead atoms. The second-order valence-corrected chi connectivity index (χ2v) is 4.22. The second-order valence-electron chi connectivity index (χ2n) is 3.44. The van der Waals surface area contributed by atoms with Crippen LogP contribution < -0.4 is 5.32 Å². The van der Waals surface area contributed by atoms with E-state index in [1.165, 1.54) is 17.6 Å². The summed E-state index contributed by atoms with van der Waals surface area (Å²) in [6, 6.07) is 2.18. The van der Waals surface area contributed by atoms with Gasteiger partial charge in [-0.15, -0.1) is 0 Å². The molecule has 0 aromatic carbocycles. The molecule has 0 saturated heterocycles. The minimum Gasteiger partial charge on any atom is -0.316 e. The van der Waals surface area contributed by atoms with E-state index >= 15 is 0 Å². The summed E-state index contributed by atoms with van der Waals surface area (Å²) in [5.74, 6) is 0. The van der Waals surface area contributed by atoms with Crippen molar-refractivity contribution in [3.05, 3.63) is 28.5 Å². The molecule has 78 valence electrons. The van der Waals surface area contributed by atoms with E-state index in [-0.39, 0.29) is 0 Å². The van der Waals surface area contributed by atoms with Crippen LogP contribution in [0.2, 0.25) is 0 Å². The summed E-state index contributed by atoms with van der Waals surface area (Å²) in [6.07, 6.45) is 4.65. The molecule has 0 amide bonds. The summed E-state index contributed by atoms with van der Waals surface area (Å²) in [4.78, 5) is 0. The molecule has 0 saturated carbocycles. The van der Waals surface area contributed by atoms with E-state index in [4.69, 9.17) is 0 Å². The van der Waals surface area contributed by atoms with Crippen LogP contribution in [0.25, 0.3) is 5.57 Å². The Morgan fingerprint density at radius 3 is 3.00 bits per heavy atom. The normalized spacial score (nSPS) is 12.0. The van der Waals surface area contributed by atoms with Gasteiger partial charge >= 0.3 is 0 Å². The average molecular weight is 209 g/mol. The summed E-state index contributed by atoms with van der Waals surface area (Å²) in [7, 11) is 0. The summed E-state index contributed by atoms with van der Waals surface area (Å²) in [5.41, 5.74) is 2.76. The highest BCUT2D eigenvalue weighted by atomic mass is 32.1. The number of thiophene rings is 1. The molecule has 1 aromatic rings. The zero-order chi connectivity index (χ0) is 10.2. The maximum absolute atomic E-state index is 3.39. The lowest BCUT2D eigenvalue weighted by Crippen LogP contribution is -2.15. The molecule has 14 heavy (non-hydrogen) atoms. The third-order valence-corrected chi connectivity index (χ3v) is 2.86. The van der Waals surface area contributed by atoms with Crippen molar-refractivity contribution in [2.45, 2.75) is 26.7 Å². The third-order valence-electron chi connectivity index (χ3n) is 2.17. The van der Waals surface area contributed by atoms with Crippen LogP contribution in [0.15, 0.2) is 22.9 Å². The van der Waals surface area contributed by atoms with Gasteiger partial charge in [-0.25, -0.2) is 0 Å². The van der Waals surface area contributed by atoms with Gasteiger partial charge in [-0.05, 0) is 60.8 Å². The fourth-order valence-electron chi connectivity index (χ4n) is 1.30. The van der Waals surface area contributed by atoms with Crippen LogP contribution in [-0.2, 0) is 0 Å². The summed E-state index contributed by atoms with van der Waals surface area (Å²) >= 11 is 1.76. The molecular formula is C12H19NS. The van der Waals surface area contributed by atoms with Crippen LogP contribution in [0.3, 0.4) is 0 Å². The van der Waals surface area contributed by atoms with Crippen molar-refractivity contribution in [3.63, 3.8) is 0 Å². The van der Waals surface area contributed by atoms with Gasteiger partial charge in [0.15, 0.2) is 0 Å². The van der Waals surface area contributed by atoms with Crippen LogP contribution in [0, 0.1) is 0 Å². The Morgan fingerprint density at radius 2 is 2.36 bits per heavy atom. The van der Waals surface area contributed by atoms with Gasteiger partial charge in [-0.1, -0.05) is 13.0 Å². The predicted molar refractivity (Wildman–Crippen MR) is 65.7 cm³/mol. The predicted octanol–water partition coefficient (Wildman–Crippen LogP) is 3.54. The van der Waals surface area contributed by atoms with E-state index in [0.717, 1.165) is 19.5 Å². The Hall–Kier alpha value is -0.600. The second kappa shape index (κ2) is 6.80. The Labute approximate surface area is 90.9 Å². The molecule has 0 aliphatic rings. The van der Waals surface area contributed by atoms with Crippen LogP contribution in [0.5, 0.6) is 0 Å². The summed E-state index contributed by atoms with van der Waals surface area (Å²) < 4.78 is 0. The Balaban J connectivity index is 2.24. The van der Waals surface area contributed by atoms with Gasteiger partial charge in [0.25, 0.3) is 0 Å². The molecule has 1 N–H and O–H groups in total. The summed E-state index contributed by atoms with van der Waals surface area (Å²) in [6.45, 7) is 6.60. The Morgan fingerprint density at radius 1 is 1.50 bits per heavy atom. The first-order valence-electron chi connectivity index (χ1n) is 5.24. The van der Waals surface area contributed by atoms with Crippen molar-refractivity contribution < 1.29 is 0 Å². The summed E-state index contributed by atoms with van der Waals surface area (Å²) in [5, 5.41) is 7.72. The first kappa shape index (κ1) is 11.5. The topological polar surface area (TPSA) is 12.0 Å². The van der Waals surface area contributed by atoms with Crippen molar-refractivity contribution in [2.75, 3.05) is 13.1 Å². The molecule has 1 rings (SSSR count). The van der Waals surface area contributed by atoms with Gasteiger partial charge in [0.05, 0.1) is 0 Å². The SMILES string of the molecule is CCCNCCC=C(C)c1ccsc1. The van der Waals surface area contributed by atoms with Crippen molar-refractivity contribution in [3.8, 4) is 0 Å². The molecule has 0 atom stereocenters. The quantitative estimate of drug-likeness (QED) is 0.707. The van der Waals surface area contributed by atoms with Crippen molar-refractivity contribution >= 4 is 16.9 Å². The molecular weight excluding hydrogens is 190 g/mol. The molecule has 0 fully saturated rings. The van der Waals surface area contributed by atoms with Gasteiger partial charge in [-0.2, -0.15) is 11.3 Å². The van der Waals surface area contributed by atoms with Gasteiger partial charge < -0.3 is 5.32 Å². The van der Waals surface area contributed by atoms with E-state index in [1.54, 1.807) is 11.3 Å². The minimum atomic E-state index is 1.09. The average Bonchev–Trinajstić information content (AvgIpc) is 2.70. The number of hydrogen-bond acceptors (Lipinski definition) is 2. The lowest BCUT2D eigenvalue weighted by atomic mass is 10.1. The lowest BCUT2D eigenvalue weighted by molar-refractivity contribution is 0.678. The van der Waals surface area contributed by atoms with Crippen LogP contribution in [0.4, 0.5) is 0 Å². The van der Waals surface area contributed by atoms with E-state index in [9.17, 15) is 0 Å². The van der Waals surface area contributed by atoms with Crippen LogP contribution >= 0.6 is 11.3 Å². The number of allylic oxidation sites excluding steroid dienone is 1. The van der Waals surface area contributed by atoms with E-state index in [0.29, 0.717) is 0 Å². The first-order chi connectivity index (χ1) is 6.84. The van der Waals surface area contributed by atoms with E-state index in [2.05, 4.69) is 42.1 Å². The van der Waals surface area contributed by atoms with Crippen molar-refractivity contribution in [1.29, 1.82) is 0 Å². The molecule has 0 unspecified atom stereocenters. The van der Waals surface area contributed by atoms with Gasteiger partial charge in [0, 0.05) is 0 Å². The highest BCUT2D eigenvalue weighted by Crippen LogP contribution is 2.16. The molecule has 2 heteroatoms. The Kier molecular flexibility index (Phi) is 5.57. The highest BCUT2D eigenvalue weighted by Gasteiger charge is 1.93. The van der Waals surface area contributed by atoms with Crippen LogP contribution in [0.1, 0.15) is 32.3 Å². The van der Waals surface area contributed by atoms with Gasteiger partial charge in [0.2, 0.25) is 0 Å². The molecule has 0 aliphatic carbocycles. The molecule has 0 aliphatic heterocycles. The smallest absolute Gasteiger partial charge is 0.00141 e. The zero-order valence-corrected chi connectivity index (χ0v) is 9.86. The third kappa shape index (κ3) is 4.07. The first-order valence-corrected chi connectivity index (χ1v) is 6.19. The minimum absolute atomic E-state index is 1.09. The monoisotopic (exact) mass is 209 g/mol. The Bertz CT molecular complexity index is 262. The van der Waals surface area contributed by atoms with Gasteiger partial charge in [-0.3, -0.25) is 0 Å². The number of rotatable bonds is 6. The standard InChI is InChI=1S/C12H19NS/c1-3-7-13-8-4-5-11(2)12-6-9-14-10-12/h5-6,9-10,13H,3-4,7-8H2,1-2H3. The van der Waals surface area contributed by atoms with E-state index < -0.39 is 0 Å². The van der Waals surface area contributed by atoms with Gasteiger partial charge in [0.1, 0.15) is 0 Å². The number of hydrogen-bond donors (Lipinski definition) is 1. The zero-order valence-electron chi connectivity index (χ0n) is 9.05. The highest BCUT2D eigenvalue weighted by molar-refractivity contribution is 7.08. The molecule has 1 aromatic heterocycles. The fraction of sp³-hybridized carbons (Fsp3) is 0.500. The fourth-order valence-corrected chi connectivity index (χ4v) is 2.01. The van der Waals surface area contributed by atoms with E-state index in [1.807, 2.05) is 0 Å². The van der Waals surface area contributed by atoms with Crippen molar-refractivity contribution in [2.24, 2.45) is 0 Å². The molecule has 1 nitrogen and oxygen atoms in total. The molecule has 0 radical (unpaired) electrons. The van der Waals surface area contributed by atoms with Crippen LogP contribution in [-0.4, -0.2) is 13.1 Å². The lowest BCUT2D eigenvalue weighted by Gasteiger charge is -2.00. The molecule has 0 spiro atoms. The number of nitrogens with one attached hydrogen (secondary N) is 1. The maximum Gasteiger partial charge on any atom is -0.00141 e. The maximum atomic E-state index is 3.39. The van der Waals surface area contributed by atoms with Crippen molar-refractivity contribution in [1.82, 2.24) is 5.32 Å². The largest absolute Gasteiger partial charge is 0.316 e.